The van der Waals surface area contributed by atoms with Gasteiger partial charge in [-0.3, -0.25) is 4.90 Å². The summed E-state index contributed by atoms with van der Waals surface area (Å²) in [7, 11) is 1.72. The maximum absolute atomic E-state index is 9.64. The van der Waals surface area contributed by atoms with Gasteiger partial charge in [0.15, 0.2) is 0 Å². The molecule has 0 aliphatic carbocycles. The number of methoxy groups -OCH3 is 1. The molecule has 20 heavy (non-hydrogen) atoms. The van der Waals surface area contributed by atoms with Crippen LogP contribution in [0.5, 0.6) is 5.75 Å². The van der Waals surface area contributed by atoms with Gasteiger partial charge in [-0.2, -0.15) is 0 Å². The number of rotatable bonds is 5. The van der Waals surface area contributed by atoms with Crippen molar-refractivity contribution < 1.29 is 9.84 Å². The standard InChI is InChI=1S/C17H27NO2/c1-12-10-16(20-4)13(2)9-15(12)17(14(3)11-19)18-7-5-6-8-18/h9-10,14,17,19H,5-8,11H2,1-4H3. The minimum absolute atomic E-state index is 0.228. The molecule has 0 saturated carbocycles. The van der Waals surface area contributed by atoms with Gasteiger partial charge in [0.05, 0.1) is 7.11 Å². The quantitative estimate of drug-likeness (QED) is 0.898. The molecule has 2 rings (SSSR count). The molecule has 2 atom stereocenters. The first-order valence-electron chi connectivity index (χ1n) is 7.58. The van der Waals surface area contributed by atoms with Crippen LogP contribution in [-0.2, 0) is 0 Å². The molecular formula is C17H27NO2. The molecule has 0 aromatic heterocycles. The van der Waals surface area contributed by atoms with Crippen LogP contribution in [-0.4, -0.2) is 36.8 Å². The SMILES string of the molecule is COc1cc(C)c(C(C(C)CO)N2CCCC2)cc1C. The maximum Gasteiger partial charge on any atom is 0.122 e. The Kier molecular flexibility index (Phi) is 5.06. The van der Waals surface area contributed by atoms with E-state index < -0.39 is 0 Å². The van der Waals surface area contributed by atoms with E-state index in [2.05, 4.69) is 37.8 Å². The summed E-state index contributed by atoms with van der Waals surface area (Å²) in [6.07, 6.45) is 2.53. The summed E-state index contributed by atoms with van der Waals surface area (Å²) >= 11 is 0. The fourth-order valence-corrected chi connectivity index (χ4v) is 3.33. The van der Waals surface area contributed by atoms with Crippen molar-refractivity contribution in [3.8, 4) is 5.75 Å². The molecule has 1 N–H and O–H groups in total. The number of aryl methyl sites for hydroxylation is 2. The predicted octanol–water partition coefficient (Wildman–Crippen LogP) is 3.08. The average molecular weight is 277 g/mol. The van der Waals surface area contributed by atoms with Gasteiger partial charge in [-0.25, -0.2) is 0 Å². The van der Waals surface area contributed by atoms with Crippen LogP contribution < -0.4 is 4.74 Å². The van der Waals surface area contributed by atoms with Gasteiger partial charge in [0.1, 0.15) is 5.75 Å². The Morgan fingerprint density at radius 3 is 2.40 bits per heavy atom. The summed E-state index contributed by atoms with van der Waals surface area (Å²) in [5.74, 6) is 1.20. The van der Waals surface area contributed by atoms with Gasteiger partial charge in [0, 0.05) is 12.6 Å². The summed E-state index contributed by atoms with van der Waals surface area (Å²) in [5.41, 5.74) is 3.76. The Bertz CT molecular complexity index is 453. The van der Waals surface area contributed by atoms with Crippen molar-refractivity contribution in [1.82, 2.24) is 4.90 Å². The third kappa shape index (κ3) is 2.99. The molecule has 1 aliphatic rings. The van der Waals surface area contributed by atoms with Crippen molar-refractivity contribution in [1.29, 1.82) is 0 Å². The zero-order chi connectivity index (χ0) is 14.7. The minimum atomic E-state index is 0.228. The van der Waals surface area contributed by atoms with E-state index in [1.54, 1.807) is 7.11 Å². The number of ether oxygens (including phenoxy) is 1. The van der Waals surface area contributed by atoms with Gasteiger partial charge in [-0.15, -0.1) is 0 Å². The second kappa shape index (κ2) is 6.59. The van der Waals surface area contributed by atoms with E-state index in [9.17, 15) is 5.11 Å². The summed E-state index contributed by atoms with van der Waals surface area (Å²) < 4.78 is 5.41. The molecule has 112 valence electrons. The van der Waals surface area contributed by atoms with Crippen LogP contribution in [0.25, 0.3) is 0 Å². The number of hydrogen-bond acceptors (Lipinski definition) is 3. The minimum Gasteiger partial charge on any atom is -0.496 e. The molecule has 3 nitrogen and oxygen atoms in total. The third-order valence-electron chi connectivity index (χ3n) is 4.46. The van der Waals surface area contributed by atoms with Crippen molar-refractivity contribution >= 4 is 0 Å². The van der Waals surface area contributed by atoms with Crippen molar-refractivity contribution in [2.75, 3.05) is 26.8 Å². The van der Waals surface area contributed by atoms with E-state index in [-0.39, 0.29) is 12.5 Å². The summed E-state index contributed by atoms with van der Waals surface area (Å²) in [6.45, 7) is 8.88. The monoisotopic (exact) mass is 277 g/mol. The Hall–Kier alpha value is -1.06. The van der Waals surface area contributed by atoms with Crippen molar-refractivity contribution in [2.24, 2.45) is 5.92 Å². The Labute approximate surface area is 122 Å². The van der Waals surface area contributed by atoms with Crippen LogP contribution in [0, 0.1) is 19.8 Å². The van der Waals surface area contributed by atoms with Gasteiger partial charge in [-0.1, -0.05) is 13.0 Å². The van der Waals surface area contributed by atoms with Gasteiger partial charge in [-0.05, 0) is 68.5 Å². The first-order valence-corrected chi connectivity index (χ1v) is 7.58. The number of hydrogen-bond donors (Lipinski definition) is 1. The first-order chi connectivity index (χ1) is 9.58. The van der Waals surface area contributed by atoms with E-state index in [0.29, 0.717) is 6.04 Å². The lowest BCUT2D eigenvalue weighted by Gasteiger charge is -2.33. The fraction of sp³-hybridized carbons (Fsp3) is 0.647. The zero-order valence-corrected chi connectivity index (χ0v) is 13.1. The number of nitrogens with zero attached hydrogens (tertiary/aromatic N) is 1. The Balaban J connectivity index is 2.40. The molecule has 1 aromatic rings. The topological polar surface area (TPSA) is 32.7 Å². The number of aliphatic hydroxyl groups excluding tert-OH is 1. The van der Waals surface area contributed by atoms with E-state index in [0.717, 1.165) is 18.8 Å². The van der Waals surface area contributed by atoms with Crippen LogP contribution in [0.3, 0.4) is 0 Å². The Morgan fingerprint density at radius 2 is 1.85 bits per heavy atom. The number of aliphatic hydroxyl groups is 1. The lowest BCUT2D eigenvalue weighted by molar-refractivity contribution is 0.125. The molecule has 3 heteroatoms. The summed E-state index contributed by atoms with van der Waals surface area (Å²) in [4.78, 5) is 2.52. The lowest BCUT2D eigenvalue weighted by atomic mass is 9.89. The van der Waals surface area contributed by atoms with Crippen LogP contribution in [0.2, 0.25) is 0 Å². The smallest absolute Gasteiger partial charge is 0.122 e. The van der Waals surface area contributed by atoms with E-state index in [4.69, 9.17) is 4.74 Å². The third-order valence-corrected chi connectivity index (χ3v) is 4.46. The molecule has 1 saturated heterocycles. The molecule has 0 bridgehead atoms. The van der Waals surface area contributed by atoms with Crippen LogP contribution in [0.15, 0.2) is 12.1 Å². The second-order valence-electron chi connectivity index (χ2n) is 6.03. The first kappa shape index (κ1) is 15.3. The highest BCUT2D eigenvalue weighted by molar-refractivity contribution is 5.43. The highest BCUT2D eigenvalue weighted by Crippen LogP contribution is 2.36. The normalized spacial score (nSPS) is 19.1. The van der Waals surface area contributed by atoms with Crippen molar-refractivity contribution in [3.63, 3.8) is 0 Å². The van der Waals surface area contributed by atoms with Crippen LogP contribution >= 0.6 is 0 Å². The second-order valence-corrected chi connectivity index (χ2v) is 6.03. The molecule has 0 amide bonds. The summed E-state index contributed by atoms with van der Waals surface area (Å²) in [6, 6.07) is 4.67. The van der Waals surface area contributed by atoms with Crippen LogP contribution in [0.1, 0.15) is 42.5 Å². The van der Waals surface area contributed by atoms with Gasteiger partial charge in [0.25, 0.3) is 0 Å². The molecule has 0 spiro atoms. The molecule has 1 aliphatic heterocycles. The van der Waals surface area contributed by atoms with Gasteiger partial charge < -0.3 is 9.84 Å². The average Bonchev–Trinajstić information content (AvgIpc) is 2.96. The van der Waals surface area contributed by atoms with Gasteiger partial charge >= 0.3 is 0 Å². The maximum atomic E-state index is 9.64. The van der Waals surface area contributed by atoms with Crippen molar-refractivity contribution in [2.45, 2.75) is 39.7 Å². The van der Waals surface area contributed by atoms with Crippen molar-refractivity contribution in [3.05, 3.63) is 28.8 Å². The van der Waals surface area contributed by atoms with E-state index >= 15 is 0 Å². The highest BCUT2D eigenvalue weighted by Gasteiger charge is 2.29. The lowest BCUT2D eigenvalue weighted by Crippen LogP contribution is -2.32. The van der Waals surface area contributed by atoms with Crippen LogP contribution in [0.4, 0.5) is 0 Å². The molecule has 0 radical (unpaired) electrons. The van der Waals surface area contributed by atoms with E-state index in [1.807, 2.05) is 0 Å². The molecule has 1 heterocycles. The molecule has 2 unspecified atom stereocenters. The Morgan fingerprint density at radius 1 is 1.20 bits per heavy atom. The fourth-order valence-electron chi connectivity index (χ4n) is 3.33. The molecule has 1 aromatic carbocycles. The van der Waals surface area contributed by atoms with Gasteiger partial charge in [0.2, 0.25) is 0 Å². The zero-order valence-electron chi connectivity index (χ0n) is 13.1. The number of likely N-dealkylation sites (tertiary alicyclic amines) is 1. The highest BCUT2D eigenvalue weighted by atomic mass is 16.5. The van der Waals surface area contributed by atoms with E-state index in [1.165, 1.54) is 29.5 Å². The molecular weight excluding hydrogens is 250 g/mol. The predicted molar refractivity (Wildman–Crippen MR) is 82.3 cm³/mol. The summed E-state index contributed by atoms with van der Waals surface area (Å²) in [5, 5.41) is 9.64. The molecule has 1 fully saturated rings. The number of benzene rings is 1. The largest absolute Gasteiger partial charge is 0.496 e.